The van der Waals surface area contributed by atoms with Gasteiger partial charge in [0.05, 0.1) is 11.4 Å². The van der Waals surface area contributed by atoms with Crippen LogP contribution in [-0.4, -0.2) is 26.1 Å². The van der Waals surface area contributed by atoms with Gasteiger partial charge in [-0.05, 0) is 45.5 Å². The number of nitrogens with one attached hydrogen (secondary N) is 2. The first-order valence-electron chi connectivity index (χ1n) is 7.93. The van der Waals surface area contributed by atoms with Crippen LogP contribution in [0, 0.1) is 17.5 Å². The van der Waals surface area contributed by atoms with Gasteiger partial charge >= 0.3 is 5.69 Å². The van der Waals surface area contributed by atoms with Crippen molar-refractivity contribution in [1.29, 1.82) is 0 Å². The Balaban J connectivity index is 1.73. The number of halogens is 3. The number of fused-ring (bicyclic) bond motifs is 1. The molecule has 0 unspecified atom stereocenters. The Bertz CT molecular complexity index is 1280. The minimum absolute atomic E-state index is 0.181. The Labute approximate surface area is 154 Å². The molecule has 7 nitrogen and oxygen atoms in total. The molecule has 0 aliphatic carbocycles. The van der Waals surface area contributed by atoms with E-state index in [1.807, 2.05) is 5.10 Å². The highest BCUT2D eigenvalue weighted by atomic mass is 19.2. The highest BCUT2D eigenvalue weighted by molar-refractivity contribution is 6.07. The molecule has 0 aliphatic rings. The summed E-state index contributed by atoms with van der Waals surface area (Å²) >= 11 is 0. The summed E-state index contributed by atoms with van der Waals surface area (Å²) in [5.41, 5.74) is -0.982. The number of carbonyl (C=O) groups excluding carboxylic acids is 1. The molecule has 0 spiro atoms. The van der Waals surface area contributed by atoms with E-state index in [4.69, 9.17) is 0 Å². The van der Waals surface area contributed by atoms with Crippen LogP contribution in [-0.2, 0) is 0 Å². The number of hydrogen-bond acceptors (Lipinski definition) is 4. The van der Waals surface area contributed by atoms with E-state index in [2.05, 4.69) is 15.7 Å². The van der Waals surface area contributed by atoms with Crippen LogP contribution in [0.2, 0.25) is 0 Å². The number of amides is 1. The number of anilines is 1. The summed E-state index contributed by atoms with van der Waals surface area (Å²) in [7, 11) is 0. The summed E-state index contributed by atoms with van der Waals surface area (Å²) in [4.78, 5) is 24.3. The minimum Gasteiger partial charge on any atom is -0.320 e. The molecule has 0 bridgehead atoms. The average Bonchev–Trinajstić information content (AvgIpc) is 3.09. The molecule has 4 rings (SSSR count). The van der Waals surface area contributed by atoms with Gasteiger partial charge in [-0.1, -0.05) is 12.1 Å². The van der Waals surface area contributed by atoms with E-state index in [1.165, 1.54) is 30.3 Å². The first kappa shape index (κ1) is 17.5. The zero-order chi connectivity index (χ0) is 19.8. The number of H-pyrrole nitrogens is 1. The van der Waals surface area contributed by atoms with Gasteiger partial charge in [-0.25, -0.2) is 23.1 Å². The lowest BCUT2D eigenvalue weighted by Gasteiger charge is -2.11. The Morgan fingerprint density at radius 1 is 0.964 bits per heavy atom. The lowest BCUT2D eigenvalue weighted by molar-refractivity contribution is 0.102. The fourth-order valence-electron chi connectivity index (χ4n) is 2.72. The monoisotopic (exact) mass is 385 g/mol. The van der Waals surface area contributed by atoms with E-state index in [9.17, 15) is 22.8 Å². The molecule has 0 radical (unpaired) electrons. The van der Waals surface area contributed by atoms with Gasteiger partial charge < -0.3 is 5.32 Å². The van der Waals surface area contributed by atoms with Crippen molar-refractivity contribution < 1.29 is 18.0 Å². The van der Waals surface area contributed by atoms with E-state index in [0.717, 1.165) is 12.1 Å². The molecule has 0 atom stereocenters. The van der Waals surface area contributed by atoms with Crippen LogP contribution >= 0.6 is 0 Å². The number of hydrogen-bond donors (Lipinski definition) is 2. The van der Waals surface area contributed by atoms with Gasteiger partial charge in [0, 0.05) is 17.7 Å². The fraction of sp³-hybridized carbons (Fsp3) is 0. The third-order valence-corrected chi connectivity index (χ3v) is 4.05. The molecule has 0 fully saturated rings. The number of rotatable bonds is 3. The molecule has 10 heteroatoms. The van der Waals surface area contributed by atoms with Gasteiger partial charge in [-0.3, -0.25) is 4.79 Å². The van der Waals surface area contributed by atoms with Crippen LogP contribution in [0.25, 0.3) is 16.5 Å². The van der Waals surface area contributed by atoms with Crippen molar-refractivity contribution in [2.45, 2.75) is 0 Å². The summed E-state index contributed by atoms with van der Waals surface area (Å²) in [5.74, 6) is -3.50. The molecule has 4 aromatic rings. The smallest absolute Gasteiger partial charge is 0.320 e. The fourth-order valence-corrected chi connectivity index (χ4v) is 2.72. The van der Waals surface area contributed by atoms with Gasteiger partial charge in [-0.2, -0.15) is 4.68 Å². The number of carbonyl (C=O) groups is 1. The number of aromatic amines is 1. The van der Waals surface area contributed by atoms with Crippen LogP contribution in [0.4, 0.5) is 18.9 Å². The molecule has 1 aromatic heterocycles. The third kappa shape index (κ3) is 3.11. The largest absolute Gasteiger partial charge is 0.365 e. The van der Waals surface area contributed by atoms with E-state index in [-0.39, 0.29) is 16.9 Å². The first-order valence-corrected chi connectivity index (χ1v) is 7.93. The predicted octanol–water partition coefficient (Wildman–Crippen LogP) is 2.78. The van der Waals surface area contributed by atoms with E-state index < -0.39 is 29.0 Å². The Hall–Kier alpha value is -3.95. The lowest BCUT2D eigenvalue weighted by atomic mass is 10.1. The quantitative estimate of drug-likeness (QED) is 0.567. The maximum Gasteiger partial charge on any atom is 0.365 e. The lowest BCUT2D eigenvalue weighted by Crippen LogP contribution is -2.20. The first-order chi connectivity index (χ1) is 13.4. The van der Waals surface area contributed by atoms with Crippen LogP contribution in [0.3, 0.4) is 0 Å². The van der Waals surface area contributed by atoms with Crippen molar-refractivity contribution in [3.05, 3.63) is 82.0 Å². The standard InChI is InChI=1S/C18H10F3N5O2/c19-12-4-3-9-5-11(2-1-10(9)6-12)17(27)22-15-7-13(20)14(21)8-16(15)26-18(28)23-24-25-26/h1-8H,(H,22,27)(H,23,25,28). The average molecular weight is 385 g/mol. The summed E-state index contributed by atoms with van der Waals surface area (Å²) in [6, 6.07) is 10.1. The molecule has 0 saturated heterocycles. The van der Waals surface area contributed by atoms with Crippen molar-refractivity contribution in [1.82, 2.24) is 20.2 Å². The third-order valence-electron chi connectivity index (χ3n) is 4.05. The molecule has 28 heavy (non-hydrogen) atoms. The van der Waals surface area contributed by atoms with Crippen molar-refractivity contribution in [3.63, 3.8) is 0 Å². The van der Waals surface area contributed by atoms with Gasteiger partial charge in [0.25, 0.3) is 5.91 Å². The maximum atomic E-state index is 13.7. The second-order valence-electron chi connectivity index (χ2n) is 5.86. The van der Waals surface area contributed by atoms with Crippen LogP contribution in [0.15, 0.2) is 53.3 Å². The normalized spacial score (nSPS) is 11.0. The number of nitrogens with zero attached hydrogens (tertiary/aromatic N) is 3. The molecule has 1 heterocycles. The zero-order valence-corrected chi connectivity index (χ0v) is 13.9. The Kier molecular flexibility index (Phi) is 4.15. The van der Waals surface area contributed by atoms with Crippen molar-refractivity contribution in [2.75, 3.05) is 5.32 Å². The summed E-state index contributed by atoms with van der Waals surface area (Å²) < 4.78 is 41.3. The molecular weight excluding hydrogens is 375 g/mol. The van der Waals surface area contributed by atoms with Crippen molar-refractivity contribution in [3.8, 4) is 5.69 Å². The summed E-state index contributed by atoms with van der Waals surface area (Å²) in [6.07, 6.45) is 0. The number of tetrazole rings is 1. The molecule has 0 aliphatic heterocycles. The zero-order valence-electron chi connectivity index (χ0n) is 13.9. The second-order valence-corrected chi connectivity index (χ2v) is 5.86. The SMILES string of the molecule is O=C(Nc1cc(F)c(F)cc1-n1nn[nH]c1=O)c1ccc2cc(F)ccc2c1. The van der Waals surface area contributed by atoms with Crippen LogP contribution < -0.4 is 11.0 Å². The molecule has 0 saturated carbocycles. The summed E-state index contributed by atoms with van der Waals surface area (Å²) in [6.45, 7) is 0. The second kappa shape index (κ2) is 6.65. The maximum absolute atomic E-state index is 13.7. The van der Waals surface area contributed by atoms with Gasteiger partial charge in [-0.15, -0.1) is 0 Å². The van der Waals surface area contributed by atoms with Crippen LogP contribution in [0.1, 0.15) is 10.4 Å². The predicted molar refractivity (Wildman–Crippen MR) is 93.8 cm³/mol. The van der Waals surface area contributed by atoms with Gasteiger partial charge in [0.15, 0.2) is 11.6 Å². The highest BCUT2D eigenvalue weighted by Gasteiger charge is 2.17. The van der Waals surface area contributed by atoms with Crippen molar-refractivity contribution in [2.24, 2.45) is 0 Å². The molecule has 3 aromatic carbocycles. The molecule has 2 N–H and O–H groups in total. The molecular formula is C18H10F3N5O2. The number of benzene rings is 3. The van der Waals surface area contributed by atoms with Crippen molar-refractivity contribution >= 4 is 22.4 Å². The van der Waals surface area contributed by atoms with Crippen LogP contribution in [0.5, 0.6) is 0 Å². The highest BCUT2D eigenvalue weighted by Crippen LogP contribution is 2.24. The minimum atomic E-state index is -1.23. The van der Waals surface area contributed by atoms with E-state index >= 15 is 0 Å². The summed E-state index contributed by atoms with van der Waals surface area (Å²) in [5, 5.41) is 12.4. The number of aromatic nitrogens is 4. The van der Waals surface area contributed by atoms with Gasteiger partial charge in [0.1, 0.15) is 5.82 Å². The Morgan fingerprint density at radius 3 is 2.43 bits per heavy atom. The molecule has 140 valence electrons. The Morgan fingerprint density at radius 2 is 1.68 bits per heavy atom. The topological polar surface area (TPSA) is 92.7 Å². The van der Waals surface area contributed by atoms with E-state index in [0.29, 0.717) is 15.5 Å². The molecule has 1 amide bonds. The van der Waals surface area contributed by atoms with E-state index in [1.54, 1.807) is 6.07 Å². The van der Waals surface area contributed by atoms with Gasteiger partial charge in [0.2, 0.25) is 0 Å².